The first-order valence-corrected chi connectivity index (χ1v) is 9.77. The molecule has 3 aromatic rings. The maximum atomic E-state index is 12.5. The summed E-state index contributed by atoms with van der Waals surface area (Å²) in [7, 11) is 1.63. The number of hydrogen-bond donors (Lipinski definition) is 1. The van der Waals surface area contributed by atoms with Crippen molar-refractivity contribution in [1.82, 2.24) is 9.97 Å². The third kappa shape index (κ3) is 4.68. The summed E-state index contributed by atoms with van der Waals surface area (Å²) >= 11 is 0. The zero-order valence-corrected chi connectivity index (χ0v) is 16.9. The number of carbonyl (C=O) groups is 1. The molecule has 0 atom stereocenters. The molecule has 1 aliphatic rings. The van der Waals surface area contributed by atoms with Crippen LogP contribution in [0.1, 0.15) is 18.4 Å². The second-order valence-corrected chi connectivity index (χ2v) is 7.20. The largest absolute Gasteiger partial charge is 0.497 e. The Balaban J connectivity index is 1.27. The van der Waals surface area contributed by atoms with Crippen LogP contribution < -0.4 is 19.5 Å². The number of nitrogens with one attached hydrogen (secondary N) is 1. The lowest BCUT2D eigenvalue weighted by atomic mass is 9.81. The van der Waals surface area contributed by atoms with Gasteiger partial charge in [-0.05, 0) is 67.8 Å². The normalized spacial score (nSPS) is 17.5. The van der Waals surface area contributed by atoms with Crippen molar-refractivity contribution in [2.45, 2.75) is 25.9 Å². The van der Waals surface area contributed by atoms with Crippen LogP contribution in [0.5, 0.6) is 23.1 Å². The third-order valence-electron chi connectivity index (χ3n) is 5.02. The Morgan fingerprint density at radius 3 is 2.50 bits per heavy atom. The molecular weight excluding hydrogens is 382 g/mol. The van der Waals surface area contributed by atoms with E-state index in [0.29, 0.717) is 24.5 Å². The van der Waals surface area contributed by atoms with Gasteiger partial charge < -0.3 is 19.5 Å². The fourth-order valence-corrected chi connectivity index (χ4v) is 3.26. The van der Waals surface area contributed by atoms with Crippen molar-refractivity contribution in [3.05, 3.63) is 66.6 Å². The SMILES string of the molecule is COc1ccc(OC2CC(C(=O)Nc3ccc(Oc4cnccn4)c(C)c3)C2)cc1. The number of anilines is 1. The van der Waals surface area contributed by atoms with E-state index in [9.17, 15) is 4.79 Å². The van der Waals surface area contributed by atoms with Crippen molar-refractivity contribution in [3.63, 3.8) is 0 Å². The maximum absolute atomic E-state index is 12.5. The topological polar surface area (TPSA) is 82.6 Å². The van der Waals surface area contributed by atoms with E-state index in [4.69, 9.17) is 14.2 Å². The molecule has 1 aromatic heterocycles. The van der Waals surface area contributed by atoms with E-state index in [1.807, 2.05) is 49.4 Å². The summed E-state index contributed by atoms with van der Waals surface area (Å²) in [4.78, 5) is 20.6. The number of benzene rings is 2. The van der Waals surface area contributed by atoms with Crippen LogP contribution in [0.3, 0.4) is 0 Å². The van der Waals surface area contributed by atoms with E-state index < -0.39 is 0 Å². The number of rotatable bonds is 7. The molecule has 0 saturated heterocycles. The van der Waals surface area contributed by atoms with Gasteiger partial charge in [-0.25, -0.2) is 4.98 Å². The van der Waals surface area contributed by atoms with Crippen LogP contribution >= 0.6 is 0 Å². The standard InChI is InChI=1S/C23H23N3O4/c1-15-11-17(3-8-21(15)30-22-14-24-9-10-25-22)26-23(27)16-12-20(13-16)29-19-6-4-18(28-2)5-7-19/h3-11,14,16,20H,12-13H2,1-2H3,(H,26,27). The lowest BCUT2D eigenvalue weighted by Crippen LogP contribution is -2.40. The van der Waals surface area contributed by atoms with Gasteiger partial charge >= 0.3 is 0 Å². The number of carbonyl (C=O) groups excluding carboxylic acids is 1. The zero-order chi connectivity index (χ0) is 20.9. The van der Waals surface area contributed by atoms with E-state index in [0.717, 1.165) is 22.7 Å². The summed E-state index contributed by atoms with van der Waals surface area (Å²) in [5.74, 6) is 2.63. The molecule has 1 heterocycles. The average molecular weight is 405 g/mol. The van der Waals surface area contributed by atoms with Crippen molar-refractivity contribution in [2.75, 3.05) is 12.4 Å². The van der Waals surface area contributed by atoms with E-state index >= 15 is 0 Å². The number of methoxy groups -OCH3 is 1. The molecular formula is C23H23N3O4. The molecule has 0 radical (unpaired) electrons. The van der Waals surface area contributed by atoms with Crippen LogP contribution in [0.2, 0.25) is 0 Å². The highest BCUT2D eigenvalue weighted by Crippen LogP contribution is 2.33. The fourth-order valence-electron chi connectivity index (χ4n) is 3.26. The Labute approximate surface area is 175 Å². The molecule has 154 valence electrons. The molecule has 1 aliphatic carbocycles. The van der Waals surface area contributed by atoms with Crippen molar-refractivity contribution >= 4 is 11.6 Å². The molecule has 4 rings (SSSR count). The molecule has 0 aliphatic heterocycles. The van der Waals surface area contributed by atoms with Crippen molar-refractivity contribution < 1.29 is 19.0 Å². The maximum Gasteiger partial charge on any atom is 0.237 e. The quantitative estimate of drug-likeness (QED) is 0.628. The molecule has 1 N–H and O–H groups in total. The molecule has 1 fully saturated rings. The van der Waals surface area contributed by atoms with Crippen LogP contribution in [0.15, 0.2) is 61.1 Å². The van der Waals surface area contributed by atoms with Crippen LogP contribution in [-0.4, -0.2) is 29.1 Å². The monoisotopic (exact) mass is 405 g/mol. The summed E-state index contributed by atoms with van der Waals surface area (Å²) in [6.07, 6.45) is 6.17. The lowest BCUT2D eigenvalue weighted by Gasteiger charge is -2.34. The minimum absolute atomic E-state index is 0.00609. The predicted octanol–water partition coefficient (Wildman–Crippen LogP) is 4.38. The minimum atomic E-state index is -0.0518. The second kappa shape index (κ2) is 8.82. The number of hydrogen-bond acceptors (Lipinski definition) is 6. The van der Waals surface area contributed by atoms with Gasteiger partial charge in [0.15, 0.2) is 0 Å². The molecule has 7 heteroatoms. The lowest BCUT2D eigenvalue weighted by molar-refractivity contribution is -0.125. The van der Waals surface area contributed by atoms with Gasteiger partial charge in [-0.2, -0.15) is 0 Å². The van der Waals surface area contributed by atoms with Crippen molar-refractivity contribution in [3.8, 4) is 23.1 Å². The molecule has 7 nitrogen and oxygen atoms in total. The fraction of sp³-hybridized carbons (Fsp3) is 0.261. The molecule has 0 spiro atoms. The van der Waals surface area contributed by atoms with Gasteiger partial charge in [-0.15, -0.1) is 0 Å². The number of aromatic nitrogens is 2. The Morgan fingerprint density at radius 1 is 1.07 bits per heavy atom. The number of aryl methyl sites for hydroxylation is 1. The molecule has 1 amide bonds. The summed E-state index contributed by atoms with van der Waals surface area (Å²) in [5.41, 5.74) is 1.64. The van der Waals surface area contributed by atoms with Crippen molar-refractivity contribution in [1.29, 1.82) is 0 Å². The summed E-state index contributed by atoms with van der Waals surface area (Å²) < 4.78 is 16.8. The van der Waals surface area contributed by atoms with Crippen LogP contribution in [0.25, 0.3) is 0 Å². The van der Waals surface area contributed by atoms with Crippen LogP contribution in [0.4, 0.5) is 5.69 Å². The molecule has 30 heavy (non-hydrogen) atoms. The first-order valence-electron chi connectivity index (χ1n) is 9.77. The summed E-state index contributed by atoms with van der Waals surface area (Å²) in [5, 5.41) is 2.98. The van der Waals surface area contributed by atoms with Gasteiger partial charge in [0, 0.05) is 24.0 Å². The first-order chi connectivity index (χ1) is 14.6. The molecule has 1 saturated carbocycles. The van der Waals surface area contributed by atoms with Crippen molar-refractivity contribution in [2.24, 2.45) is 5.92 Å². The molecule has 0 unspecified atom stereocenters. The highest BCUT2D eigenvalue weighted by atomic mass is 16.5. The van der Waals surface area contributed by atoms with E-state index in [2.05, 4.69) is 15.3 Å². The van der Waals surface area contributed by atoms with Crippen LogP contribution in [-0.2, 0) is 4.79 Å². The van der Waals surface area contributed by atoms with E-state index in [1.54, 1.807) is 25.7 Å². The predicted molar refractivity (Wildman–Crippen MR) is 112 cm³/mol. The summed E-state index contributed by atoms with van der Waals surface area (Å²) in [6.45, 7) is 1.92. The third-order valence-corrected chi connectivity index (χ3v) is 5.02. The second-order valence-electron chi connectivity index (χ2n) is 7.20. The number of nitrogens with zero attached hydrogens (tertiary/aromatic N) is 2. The highest BCUT2D eigenvalue weighted by Gasteiger charge is 2.36. The molecule has 0 bridgehead atoms. The molecule has 2 aromatic carbocycles. The van der Waals surface area contributed by atoms with Gasteiger partial charge in [0.1, 0.15) is 23.4 Å². The summed E-state index contributed by atoms with van der Waals surface area (Å²) in [6, 6.07) is 13.0. The Bertz CT molecular complexity index is 1000. The smallest absolute Gasteiger partial charge is 0.237 e. The Kier molecular flexibility index (Phi) is 5.79. The highest BCUT2D eigenvalue weighted by molar-refractivity contribution is 5.93. The Hall–Kier alpha value is -3.61. The van der Waals surface area contributed by atoms with Gasteiger partial charge in [0.2, 0.25) is 11.8 Å². The van der Waals surface area contributed by atoms with E-state index in [1.165, 1.54) is 0 Å². The van der Waals surface area contributed by atoms with Gasteiger partial charge in [0.05, 0.1) is 13.3 Å². The van der Waals surface area contributed by atoms with Gasteiger partial charge in [-0.1, -0.05) is 0 Å². The van der Waals surface area contributed by atoms with Gasteiger partial charge in [0.25, 0.3) is 0 Å². The Morgan fingerprint density at radius 2 is 1.83 bits per heavy atom. The van der Waals surface area contributed by atoms with Gasteiger partial charge in [-0.3, -0.25) is 9.78 Å². The van der Waals surface area contributed by atoms with Crippen LogP contribution in [0, 0.1) is 12.8 Å². The number of amides is 1. The first kappa shape index (κ1) is 19.7. The average Bonchev–Trinajstić information content (AvgIpc) is 2.73. The minimum Gasteiger partial charge on any atom is -0.497 e. The van der Waals surface area contributed by atoms with E-state index in [-0.39, 0.29) is 17.9 Å². The number of ether oxygens (including phenoxy) is 3. The zero-order valence-electron chi connectivity index (χ0n) is 16.9.